The summed E-state index contributed by atoms with van der Waals surface area (Å²) in [5, 5.41) is 0. The quantitative estimate of drug-likeness (QED) is 0.478. The molecule has 0 saturated carbocycles. The van der Waals surface area contributed by atoms with Crippen LogP contribution >= 0.6 is 9.39 Å². The van der Waals surface area contributed by atoms with Crippen molar-refractivity contribution in [2.24, 2.45) is 0 Å². The zero-order valence-corrected chi connectivity index (χ0v) is 5.36. The van der Waals surface area contributed by atoms with Crippen LogP contribution < -0.4 is 0 Å². The van der Waals surface area contributed by atoms with Gasteiger partial charge >= 0.3 is 0 Å². The van der Waals surface area contributed by atoms with Gasteiger partial charge in [0.2, 0.25) is 0 Å². The fourth-order valence-electron chi connectivity index (χ4n) is 0.224. The highest BCUT2D eigenvalue weighted by Crippen LogP contribution is 1.92. The molecule has 0 amide bonds. The van der Waals surface area contributed by atoms with E-state index in [-0.39, 0.29) is 0 Å². The maximum absolute atomic E-state index is 3.35. The molecule has 0 atom stereocenters. The predicted molar refractivity (Wildman–Crippen MR) is 31.2 cm³/mol. The summed E-state index contributed by atoms with van der Waals surface area (Å²) in [5.74, 6) is 0. The standard InChI is InChI=1S/C4H11NP/c1-3-5(6)4-2/h6H,3-4H2,1-2H3. The topological polar surface area (TPSA) is 3.24 Å². The molecule has 2 heteroatoms. The van der Waals surface area contributed by atoms with Gasteiger partial charge in [0, 0.05) is 0 Å². The van der Waals surface area contributed by atoms with E-state index in [1.54, 1.807) is 0 Å². The minimum Gasteiger partial charge on any atom is -0.281 e. The van der Waals surface area contributed by atoms with Crippen LogP contribution in [0.2, 0.25) is 0 Å². The molecule has 37 valence electrons. The summed E-state index contributed by atoms with van der Waals surface area (Å²) in [5.41, 5.74) is 0. The number of hydrogen-bond acceptors (Lipinski definition) is 1. The van der Waals surface area contributed by atoms with Gasteiger partial charge in [0.1, 0.15) is 0 Å². The summed E-state index contributed by atoms with van der Waals surface area (Å²) in [6.07, 6.45) is 0. The SMILES string of the molecule is CCN([PH])CC. The van der Waals surface area contributed by atoms with Crippen molar-refractivity contribution in [3.63, 3.8) is 0 Å². The Balaban J connectivity index is 2.75. The Morgan fingerprint density at radius 2 is 1.67 bits per heavy atom. The first kappa shape index (κ1) is 6.39. The maximum atomic E-state index is 3.35. The first-order valence-electron chi connectivity index (χ1n) is 2.27. The van der Waals surface area contributed by atoms with Gasteiger partial charge < -0.3 is 0 Å². The van der Waals surface area contributed by atoms with Crippen molar-refractivity contribution in [1.29, 1.82) is 0 Å². The van der Waals surface area contributed by atoms with Gasteiger partial charge in [-0.05, 0) is 22.5 Å². The summed E-state index contributed by atoms with van der Waals surface area (Å²) >= 11 is 0. The lowest BCUT2D eigenvalue weighted by molar-refractivity contribution is 0.524. The molecule has 0 aliphatic rings. The third-order valence-electron chi connectivity index (χ3n) is 0.763. The van der Waals surface area contributed by atoms with E-state index in [9.17, 15) is 0 Å². The van der Waals surface area contributed by atoms with Crippen LogP contribution in [-0.4, -0.2) is 17.8 Å². The fraction of sp³-hybridized carbons (Fsp3) is 1.00. The zero-order valence-electron chi connectivity index (χ0n) is 4.36. The molecular formula is C4H11NP. The van der Waals surface area contributed by atoms with E-state index in [4.69, 9.17) is 0 Å². The van der Waals surface area contributed by atoms with Crippen LogP contribution in [-0.2, 0) is 0 Å². The Hall–Kier alpha value is 0.390. The Morgan fingerprint density at radius 3 is 1.67 bits per heavy atom. The lowest BCUT2D eigenvalue weighted by Crippen LogP contribution is -2.07. The van der Waals surface area contributed by atoms with Gasteiger partial charge in [0.15, 0.2) is 0 Å². The molecule has 0 fully saturated rings. The van der Waals surface area contributed by atoms with Crippen molar-refractivity contribution in [3.05, 3.63) is 0 Å². The van der Waals surface area contributed by atoms with E-state index in [0.717, 1.165) is 13.1 Å². The van der Waals surface area contributed by atoms with Crippen molar-refractivity contribution in [1.82, 2.24) is 4.67 Å². The van der Waals surface area contributed by atoms with Crippen molar-refractivity contribution < 1.29 is 0 Å². The molecule has 0 saturated heterocycles. The summed E-state index contributed by atoms with van der Waals surface area (Å²) in [4.78, 5) is 0. The van der Waals surface area contributed by atoms with Crippen molar-refractivity contribution in [2.75, 3.05) is 13.1 Å². The fourth-order valence-corrected chi connectivity index (χ4v) is 0.224. The largest absolute Gasteiger partial charge is 0.281 e. The van der Waals surface area contributed by atoms with Crippen LogP contribution in [0.5, 0.6) is 0 Å². The molecule has 0 bridgehead atoms. The molecule has 6 heavy (non-hydrogen) atoms. The van der Waals surface area contributed by atoms with Gasteiger partial charge in [-0.25, -0.2) is 0 Å². The second-order valence-electron chi connectivity index (χ2n) is 1.17. The van der Waals surface area contributed by atoms with Crippen LogP contribution in [0.25, 0.3) is 0 Å². The first-order valence-corrected chi connectivity index (χ1v) is 2.72. The van der Waals surface area contributed by atoms with Crippen molar-refractivity contribution in [2.45, 2.75) is 13.8 Å². The van der Waals surface area contributed by atoms with Crippen LogP contribution in [0.3, 0.4) is 0 Å². The van der Waals surface area contributed by atoms with Gasteiger partial charge in [0.05, 0.1) is 0 Å². The number of hydrogen-bond donors (Lipinski definition) is 0. The van der Waals surface area contributed by atoms with Gasteiger partial charge in [-0.2, -0.15) is 0 Å². The molecule has 0 aliphatic heterocycles. The minimum atomic E-state index is 1.08. The Kier molecular flexibility index (Phi) is 3.81. The molecule has 0 aliphatic carbocycles. The summed E-state index contributed by atoms with van der Waals surface area (Å²) in [6.45, 7) is 6.37. The lowest BCUT2D eigenvalue weighted by Gasteiger charge is -2.05. The molecule has 0 spiro atoms. The minimum absolute atomic E-state index is 1.08. The van der Waals surface area contributed by atoms with Gasteiger partial charge in [-0.3, -0.25) is 4.67 Å². The summed E-state index contributed by atoms with van der Waals surface area (Å²) < 4.78 is 2.06. The second kappa shape index (κ2) is 3.58. The molecule has 0 heterocycles. The highest BCUT2D eigenvalue weighted by Gasteiger charge is 1.82. The Bertz CT molecular complexity index is 26.7. The Morgan fingerprint density at radius 1 is 1.33 bits per heavy atom. The van der Waals surface area contributed by atoms with E-state index in [0.29, 0.717) is 0 Å². The van der Waals surface area contributed by atoms with E-state index < -0.39 is 0 Å². The molecule has 0 N–H and O–H groups in total. The van der Waals surface area contributed by atoms with Crippen LogP contribution in [0.4, 0.5) is 0 Å². The van der Waals surface area contributed by atoms with Crippen LogP contribution in [0, 0.1) is 0 Å². The van der Waals surface area contributed by atoms with Crippen LogP contribution in [0.15, 0.2) is 0 Å². The molecule has 1 nitrogen and oxygen atoms in total. The molecular weight excluding hydrogens is 93.0 g/mol. The summed E-state index contributed by atoms with van der Waals surface area (Å²) in [6, 6.07) is 0. The molecule has 0 rings (SSSR count). The predicted octanol–water partition coefficient (Wildman–Crippen LogP) is 1.39. The average Bonchev–Trinajstić information content (AvgIpc) is 1.65. The third-order valence-corrected chi connectivity index (χ3v) is 1.40. The van der Waals surface area contributed by atoms with Crippen LogP contribution in [0.1, 0.15) is 13.8 Å². The normalized spacial score (nSPS) is 10.0. The van der Waals surface area contributed by atoms with E-state index >= 15 is 0 Å². The molecule has 0 aromatic rings. The van der Waals surface area contributed by atoms with E-state index in [1.807, 2.05) is 0 Å². The van der Waals surface area contributed by atoms with Gasteiger partial charge in [-0.1, -0.05) is 13.8 Å². The van der Waals surface area contributed by atoms with Gasteiger partial charge in [-0.15, -0.1) is 0 Å². The number of nitrogens with zero attached hydrogens (tertiary/aromatic N) is 1. The smallest absolute Gasteiger partial charge is 0.000662 e. The second-order valence-corrected chi connectivity index (χ2v) is 1.80. The molecule has 0 aromatic heterocycles. The lowest BCUT2D eigenvalue weighted by atomic mass is 10.7. The zero-order chi connectivity index (χ0) is 4.99. The van der Waals surface area contributed by atoms with E-state index in [1.165, 1.54) is 0 Å². The average molecular weight is 104 g/mol. The number of rotatable bonds is 2. The van der Waals surface area contributed by atoms with Crippen molar-refractivity contribution in [3.8, 4) is 0 Å². The van der Waals surface area contributed by atoms with Gasteiger partial charge in [0.25, 0.3) is 0 Å². The highest BCUT2D eigenvalue weighted by molar-refractivity contribution is 7.13. The third kappa shape index (κ3) is 2.62. The monoisotopic (exact) mass is 104 g/mol. The molecule has 0 aromatic carbocycles. The maximum Gasteiger partial charge on any atom is -0.000662 e. The molecule has 0 unspecified atom stereocenters. The van der Waals surface area contributed by atoms with Crippen molar-refractivity contribution >= 4 is 9.39 Å². The highest BCUT2D eigenvalue weighted by atomic mass is 31.0. The first-order chi connectivity index (χ1) is 2.81. The molecule has 1 radical (unpaired) electrons. The Labute approximate surface area is 42.0 Å². The summed E-state index contributed by atoms with van der Waals surface area (Å²) in [7, 11) is 3.35. The van der Waals surface area contributed by atoms with E-state index in [2.05, 4.69) is 27.9 Å².